The standard InChI is InChI=1S/C14H18N2O2S2/c1-11-10-19-13(9-15-2)14(11)20(17,18)16(3)12-7-5-4-6-8-12/h4-8,10,15H,9H2,1-3H3. The van der Waals surface area contributed by atoms with Gasteiger partial charge in [-0.3, -0.25) is 4.31 Å². The Labute approximate surface area is 124 Å². The summed E-state index contributed by atoms with van der Waals surface area (Å²) in [5.74, 6) is 0. The third-order valence-corrected chi connectivity index (χ3v) is 6.31. The zero-order chi connectivity index (χ0) is 14.8. The number of thiophene rings is 1. The van der Waals surface area contributed by atoms with Crippen LogP contribution in [0, 0.1) is 6.92 Å². The second kappa shape index (κ2) is 5.95. The van der Waals surface area contributed by atoms with Gasteiger partial charge in [0.1, 0.15) is 4.90 Å². The molecule has 108 valence electrons. The summed E-state index contributed by atoms with van der Waals surface area (Å²) in [4.78, 5) is 1.26. The van der Waals surface area contributed by atoms with Crippen LogP contribution in [0.4, 0.5) is 5.69 Å². The molecule has 2 rings (SSSR count). The Balaban J connectivity index is 2.48. The van der Waals surface area contributed by atoms with Crippen LogP contribution in [-0.4, -0.2) is 22.5 Å². The Bertz CT molecular complexity index is 678. The maximum atomic E-state index is 12.8. The van der Waals surface area contributed by atoms with E-state index in [1.807, 2.05) is 37.6 Å². The van der Waals surface area contributed by atoms with Gasteiger partial charge >= 0.3 is 0 Å². The van der Waals surface area contributed by atoms with Crippen molar-refractivity contribution < 1.29 is 8.42 Å². The smallest absolute Gasteiger partial charge is 0.265 e. The van der Waals surface area contributed by atoms with Crippen molar-refractivity contribution in [2.45, 2.75) is 18.4 Å². The fraction of sp³-hybridized carbons (Fsp3) is 0.286. The second-order valence-electron chi connectivity index (χ2n) is 4.51. The maximum Gasteiger partial charge on any atom is 0.265 e. The van der Waals surface area contributed by atoms with Crippen LogP contribution in [0.25, 0.3) is 0 Å². The molecule has 0 unspecified atom stereocenters. The lowest BCUT2D eigenvalue weighted by molar-refractivity contribution is 0.592. The van der Waals surface area contributed by atoms with Gasteiger partial charge in [0.2, 0.25) is 0 Å². The Hall–Kier alpha value is -1.37. The average Bonchev–Trinajstić information content (AvgIpc) is 2.81. The largest absolute Gasteiger partial charge is 0.315 e. The minimum absolute atomic E-state index is 0.420. The zero-order valence-electron chi connectivity index (χ0n) is 11.8. The summed E-state index contributed by atoms with van der Waals surface area (Å²) in [5.41, 5.74) is 1.46. The first-order valence-corrected chi connectivity index (χ1v) is 8.56. The minimum Gasteiger partial charge on any atom is -0.315 e. The van der Waals surface area contributed by atoms with Crippen LogP contribution in [0.15, 0.2) is 40.6 Å². The number of hydrogen-bond donors (Lipinski definition) is 1. The SMILES string of the molecule is CNCc1scc(C)c1S(=O)(=O)N(C)c1ccccc1. The number of para-hydroxylation sites is 1. The second-order valence-corrected chi connectivity index (χ2v) is 7.38. The van der Waals surface area contributed by atoms with E-state index in [9.17, 15) is 8.42 Å². The molecule has 1 N–H and O–H groups in total. The van der Waals surface area contributed by atoms with Crippen molar-refractivity contribution in [3.05, 3.63) is 46.2 Å². The normalized spacial score (nSPS) is 11.6. The van der Waals surface area contributed by atoms with E-state index in [2.05, 4.69) is 5.32 Å². The van der Waals surface area contributed by atoms with E-state index in [0.29, 0.717) is 17.1 Å². The Morgan fingerprint density at radius 2 is 1.90 bits per heavy atom. The number of anilines is 1. The molecule has 2 aromatic rings. The lowest BCUT2D eigenvalue weighted by Gasteiger charge is -2.20. The highest BCUT2D eigenvalue weighted by Crippen LogP contribution is 2.31. The van der Waals surface area contributed by atoms with Gasteiger partial charge in [-0.25, -0.2) is 8.42 Å². The molecule has 0 aliphatic rings. The molecule has 0 saturated heterocycles. The lowest BCUT2D eigenvalue weighted by atomic mass is 10.3. The summed E-state index contributed by atoms with van der Waals surface area (Å²) in [7, 11) is -0.128. The van der Waals surface area contributed by atoms with Gasteiger partial charge in [-0.15, -0.1) is 11.3 Å². The number of sulfonamides is 1. The molecule has 0 spiro atoms. The number of hydrogen-bond acceptors (Lipinski definition) is 4. The molecule has 0 aliphatic heterocycles. The van der Waals surface area contributed by atoms with Crippen LogP contribution < -0.4 is 9.62 Å². The quantitative estimate of drug-likeness (QED) is 0.923. The molecule has 4 nitrogen and oxygen atoms in total. The van der Waals surface area contributed by atoms with Crippen molar-refractivity contribution in [3.8, 4) is 0 Å². The summed E-state index contributed by atoms with van der Waals surface area (Å²) >= 11 is 1.47. The summed E-state index contributed by atoms with van der Waals surface area (Å²) in [6, 6.07) is 9.10. The summed E-state index contributed by atoms with van der Waals surface area (Å²) in [6.07, 6.45) is 0. The first-order chi connectivity index (χ1) is 9.48. The van der Waals surface area contributed by atoms with E-state index in [4.69, 9.17) is 0 Å². The number of nitrogens with one attached hydrogen (secondary N) is 1. The highest BCUT2D eigenvalue weighted by molar-refractivity contribution is 7.93. The molecule has 0 radical (unpaired) electrons. The molecule has 20 heavy (non-hydrogen) atoms. The summed E-state index contributed by atoms with van der Waals surface area (Å²) < 4.78 is 27.0. The number of benzene rings is 1. The van der Waals surface area contributed by atoms with Crippen LogP contribution in [0.5, 0.6) is 0 Å². The molecular formula is C14H18N2O2S2. The van der Waals surface area contributed by atoms with Gasteiger partial charge in [-0.05, 0) is 37.0 Å². The van der Waals surface area contributed by atoms with Crippen molar-refractivity contribution in [2.24, 2.45) is 0 Å². The third kappa shape index (κ3) is 2.72. The Kier molecular flexibility index (Phi) is 4.47. The van der Waals surface area contributed by atoms with Gasteiger partial charge < -0.3 is 5.32 Å². The third-order valence-electron chi connectivity index (χ3n) is 3.06. The molecule has 0 fully saturated rings. The molecule has 0 atom stereocenters. The van der Waals surface area contributed by atoms with Crippen LogP contribution >= 0.6 is 11.3 Å². The van der Waals surface area contributed by atoms with Crippen LogP contribution in [0.1, 0.15) is 10.4 Å². The molecule has 0 amide bonds. The zero-order valence-corrected chi connectivity index (χ0v) is 13.4. The van der Waals surface area contributed by atoms with Gasteiger partial charge in [0.15, 0.2) is 0 Å². The molecule has 0 saturated carbocycles. The van der Waals surface area contributed by atoms with E-state index in [1.54, 1.807) is 19.2 Å². The van der Waals surface area contributed by atoms with Gasteiger partial charge in [0.05, 0.1) is 5.69 Å². The van der Waals surface area contributed by atoms with Crippen LogP contribution in [-0.2, 0) is 16.6 Å². The highest BCUT2D eigenvalue weighted by atomic mass is 32.2. The number of nitrogens with zero attached hydrogens (tertiary/aromatic N) is 1. The number of aryl methyl sites for hydroxylation is 1. The van der Waals surface area contributed by atoms with Gasteiger partial charge in [-0.2, -0.15) is 0 Å². The van der Waals surface area contributed by atoms with Crippen molar-refractivity contribution >= 4 is 27.0 Å². The van der Waals surface area contributed by atoms with Gasteiger partial charge in [0.25, 0.3) is 10.0 Å². The Morgan fingerprint density at radius 3 is 2.50 bits per heavy atom. The van der Waals surface area contributed by atoms with Crippen molar-refractivity contribution in [1.29, 1.82) is 0 Å². The van der Waals surface area contributed by atoms with Crippen molar-refractivity contribution in [2.75, 3.05) is 18.4 Å². The average molecular weight is 310 g/mol. The monoisotopic (exact) mass is 310 g/mol. The molecule has 0 bridgehead atoms. The lowest BCUT2D eigenvalue weighted by Crippen LogP contribution is -2.27. The first kappa shape index (κ1) is 15.0. The van der Waals surface area contributed by atoms with E-state index in [-0.39, 0.29) is 0 Å². The van der Waals surface area contributed by atoms with E-state index in [0.717, 1.165) is 10.4 Å². The number of rotatable bonds is 5. The highest BCUT2D eigenvalue weighted by Gasteiger charge is 2.27. The molecule has 1 heterocycles. The van der Waals surface area contributed by atoms with E-state index < -0.39 is 10.0 Å². The fourth-order valence-electron chi connectivity index (χ4n) is 2.03. The topological polar surface area (TPSA) is 49.4 Å². The molecule has 1 aromatic heterocycles. The summed E-state index contributed by atoms with van der Waals surface area (Å²) in [6.45, 7) is 2.39. The van der Waals surface area contributed by atoms with E-state index >= 15 is 0 Å². The van der Waals surface area contributed by atoms with Gasteiger partial charge in [0, 0.05) is 18.5 Å². The predicted molar refractivity (Wildman–Crippen MR) is 83.9 cm³/mol. The molecule has 6 heteroatoms. The van der Waals surface area contributed by atoms with Crippen molar-refractivity contribution in [3.63, 3.8) is 0 Å². The van der Waals surface area contributed by atoms with Crippen molar-refractivity contribution in [1.82, 2.24) is 5.32 Å². The molecular weight excluding hydrogens is 292 g/mol. The van der Waals surface area contributed by atoms with Crippen LogP contribution in [0.3, 0.4) is 0 Å². The summed E-state index contributed by atoms with van der Waals surface area (Å²) in [5, 5.41) is 4.90. The Morgan fingerprint density at radius 1 is 1.25 bits per heavy atom. The van der Waals surface area contributed by atoms with Gasteiger partial charge in [-0.1, -0.05) is 18.2 Å². The minimum atomic E-state index is -3.53. The molecule has 1 aromatic carbocycles. The van der Waals surface area contributed by atoms with Crippen LogP contribution in [0.2, 0.25) is 0 Å². The first-order valence-electron chi connectivity index (χ1n) is 6.24. The molecule has 0 aliphatic carbocycles. The predicted octanol–water partition coefficient (Wildman–Crippen LogP) is 2.60. The fourth-order valence-corrected chi connectivity index (χ4v) is 5.00. The van der Waals surface area contributed by atoms with E-state index in [1.165, 1.54) is 15.6 Å². The maximum absolute atomic E-state index is 12.8.